The van der Waals surface area contributed by atoms with E-state index in [4.69, 9.17) is 0 Å². The summed E-state index contributed by atoms with van der Waals surface area (Å²) >= 11 is 1.81. The number of imidazole rings is 1. The molecule has 0 saturated heterocycles. The fourth-order valence-electron chi connectivity index (χ4n) is 2.72. The number of hydrogen-bond donors (Lipinski definition) is 1. The lowest BCUT2D eigenvalue weighted by atomic mass is 10.1. The number of rotatable bonds is 6. The fourth-order valence-corrected chi connectivity index (χ4v) is 3.12. The molecule has 0 radical (unpaired) electrons. The van der Waals surface area contributed by atoms with Gasteiger partial charge in [0.05, 0.1) is 18.6 Å². The average molecular weight is 340 g/mol. The van der Waals surface area contributed by atoms with Gasteiger partial charge < -0.3 is 9.55 Å². The van der Waals surface area contributed by atoms with Crippen LogP contribution in [0.4, 0.5) is 0 Å². The van der Waals surface area contributed by atoms with Gasteiger partial charge in [-0.2, -0.15) is 11.8 Å². The zero-order valence-electron chi connectivity index (χ0n) is 13.8. The molecule has 0 fully saturated rings. The quantitative estimate of drug-likeness (QED) is 0.749. The molecule has 0 bridgehead atoms. The molecule has 2 aromatic heterocycles. The van der Waals surface area contributed by atoms with Crippen molar-refractivity contribution >= 4 is 11.8 Å². The van der Waals surface area contributed by atoms with Crippen LogP contribution in [0.5, 0.6) is 0 Å². The largest absolute Gasteiger partial charge is 0.326 e. The van der Waals surface area contributed by atoms with Crippen molar-refractivity contribution in [3.05, 3.63) is 70.3 Å². The number of aromatic amines is 1. The highest BCUT2D eigenvalue weighted by Gasteiger charge is 2.13. The second-order valence-electron chi connectivity index (χ2n) is 5.61. The molecule has 24 heavy (non-hydrogen) atoms. The van der Waals surface area contributed by atoms with Crippen LogP contribution < -0.4 is 5.56 Å². The summed E-state index contributed by atoms with van der Waals surface area (Å²) in [5.74, 6) is 1.67. The van der Waals surface area contributed by atoms with E-state index in [9.17, 15) is 4.79 Å². The summed E-state index contributed by atoms with van der Waals surface area (Å²) in [5, 5.41) is 0. The Labute approximate surface area is 145 Å². The molecule has 0 aliphatic heterocycles. The van der Waals surface area contributed by atoms with E-state index < -0.39 is 0 Å². The zero-order valence-corrected chi connectivity index (χ0v) is 14.6. The highest BCUT2D eigenvalue weighted by atomic mass is 32.2. The van der Waals surface area contributed by atoms with Gasteiger partial charge in [-0.3, -0.25) is 4.79 Å². The standard InChI is InChI=1S/C18H20N4OS/c1-13-10-17(23)21-16(20-13)11-22-12-19-18(15(22)8-9-24-2)14-6-4-3-5-7-14/h3-7,10,12H,8-9,11H2,1-2H3,(H,20,21,23). The maximum Gasteiger partial charge on any atom is 0.251 e. The first-order valence-corrected chi connectivity index (χ1v) is 9.22. The Balaban J connectivity index is 1.98. The normalized spacial score (nSPS) is 10.9. The van der Waals surface area contributed by atoms with Crippen molar-refractivity contribution < 1.29 is 0 Å². The molecule has 0 unspecified atom stereocenters. The Hall–Kier alpha value is -2.34. The summed E-state index contributed by atoms with van der Waals surface area (Å²) < 4.78 is 2.08. The molecule has 0 amide bonds. The molecule has 0 aliphatic rings. The summed E-state index contributed by atoms with van der Waals surface area (Å²) in [5.41, 5.74) is 3.88. The molecule has 6 heteroatoms. The molecule has 1 N–H and O–H groups in total. The van der Waals surface area contributed by atoms with Crippen LogP contribution in [0.15, 0.2) is 47.5 Å². The molecule has 124 valence electrons. The summed E-state index contributed by atoms with van der Waals surface area (Å²) in [6.07, 6.45) is 4.85. The number of thioether (sulfide) groups is 1. The van der Waals surface area contributed by atoms with Gasteiger partial charge in [0.15, 0.2) is 0 Å². The van der Waals surface area contributed by atoms with Crippen molar-refractivity contribution in [3.63, 3.8) is 0 Å². The maximum absolute atomic E-state index is 11.7. The van der Waals surface area contributed by atoms with E-state index in [1.54, 1.807) is 0 Å². The van der Waals surface area contributed by atoms with Crippen molar-refractivity contribution in [2.75, 3.05) is 12.0 Å². The van der Waals surface area contributed by atoms with Gasteiger partial charge in [-0.1, -0.05) is 30.3 Å². The Morgan fingerprint density at radius 3 is 2.75 bits per heavy atom. The van der Waals surface area contributed by atoms with Gasteiger partial charge in [-0.05, 0) is 25.4 Å². The number of H-pyrrole nitrogens is 1. The molecular weight excluding hydrogens is 320 g/mol. The maximum atomic E-state index is 11.7. The van der Waals surface area contributed by atoms with Crippen molar-refractivity contribution in [1.29, 1.82) is 0 Å². The lowest BCUT2D eigenvalue weighted by molar-refractivity contribution is 0.701. The SMILES string of the molecule is CSCCc1c(-c2ccccc2)ncn1Cc1nc(C)cc(=O)[nH]1. The number of hydrogen-bond acceptors (Lipinski definition) is 4. The second kappa shape index (κ2) is 7.49. The number of nitrogens with one attached hydrogen (secondary N) is 1. The first kappa shape index (κ1) is 16.5. The number of aromatic nitrogens is 4. The predicted molar refractivity (Wildman–Crippen MR) is 98.4 cm³/mol. The smallest absolute Gasteiger partial charge is 0.251 e. The first-order chi connectivity index (χ1) is 11.7. The summed E-state index contributed by atoms with van der Waals surface area (Å²) in [6, 6.07) is 11.7. The van der Waals surface area contributed by atoms with Crippen LogP contribution in [0.1, 0.15) is 17.2 Å². The van der Waals surface area contributed by atoms with E-state index in [1.165, 1.54) is 11.8 Å². The monoisotopic (exact) mass is 340 g/mol. The number of nitrogens with zero attached hydrogens (tertiary/aromatic N) is 3. The number of aryl methyl sites for hydroxylation is 1. The Kier molecular flexibility index (Phi) is 5.15. The van der Waals surface area contributed by atoms with Crippen LogP contribution in [0.2, 0.25) is 0 Å². The van der Waals surface area contributed by atoms with Crippen LogP contribution in [-0.4, -0.2) is 31.5 Å². The van der Waals surface area contributed by atoms with Gasteiger partial charge in [0.25, 0.3) is 5.56 Å². The molecule has 0 spiro atoms. The van der Waals surface area contributed by atoms with Gasteiger partial charge in [-0.25, -0.2) is 9.97 Å². The third-order valence-electron chi connectivity index (χ3n) is 3.78. The van der Waals surface area contributed by atoms with Gasteiger partial charge in [0.2, 0.25) is 0 Å². The molecule has 3 rings (SSSR count). The highest BCUT2D eigenvalue weighted by molar-refractivity contribution is 7.98. The lowest BCUT2D eigenvalue weighted by Gasteiger charge is -2.10. The van der Waals surface area contributed by atoms with Gasteiger partial charge in [0.1, 0.15) is 5.82 Å². The molecule has 1 aromatic carbocycles. The van der Waals surface area contributed by atoms with Crippen LogP contribution in [0.3, 0.4) is 0 Å². The van der Waals surface area contributed by atoms with Gasteiger partial charge in [0, 0.05) is 23.0 Å². The van der Waals surface area contributed by atoms with Crippen LogP contribution in [0.25, 0.3) is 11.3 Å². The fraction of sp³-hybridized carbons (Fsp3) is 0.278. The third-order valence-corrected chi connectivity index (χ3v) is 4.39. The summed E-state index contributed by atoms with van der Waals surface area (Å²) in [4.78, 5) is 23.5. The van der Waals surface area contributed by atoms with E-state index in [2.05, 4.69) is 37.9 Å². The van der Waals surface area contributed by atoms with Crippen LogP contribution in [0, 0.1) is 6.92 Å². The molecule has 0 atom stereocenters. The van der Waals surface area contributed by atoms with E-state index in [0.29, 0.717) is 12.4 Å². The van der Waals surface area contributed by atoms with Crippen molar-refractivity contribution in [2.24, 2.45) is 0 Å². The molecule has 2 heterocycles. The third kappa shape index (κ3) is 3.76. The van der Waals surface area contributed by atoms with E-state index in [0.717, 1.165) is 29.1 Å². The summed E-state index contributed by atoms with van der Waals surface area (Å²) in [7, 11) is 0. The van der Waals surface area contributed by atoms with Crippen molar-refractivity contribution in [3.8, 4) is 11.3 Å². The summed E-state index contributed by atoms with van der Waals surface area (Å²) in [6.45, 7) is 2.34. The Morgan fingerprint density at radius 2 is 2.04 bits per heavy atom. The van der Waals surface area contributed by atoms with Crippen LogP contribution in [-0.2, 0) is 13.0 Å². The molecular formula is C18H20N4OS. The second-order valence-corrected chi connectivity index (χ2v) is 6.60. The Bertz CT molecular complexity index is 870. The van der Waals surface area contributed by atoms with Gasteiger partial charge in [-0.15, -0.1) is 0 Å². The first-order valence-electron chi connectivity index (χ1n) is 7.82. The van der Waals surface area contributed by atoms with Crippen LogP contribution >= 0.6 is 11.8 Å². The minimum absolute atomic E-state index is 0.119. The van der Waals surface area contributed by atoms with Crippen molar-refractivity contribution in [1.82, 2.24) is 19.5 Å². The Morgan fingerprint density at radius 1 is 1.25 bits per heavy atom. The highest BCUT2D eigenvalue weighted by Crippen LogP contribution is 2.23. The van der Waals surface area contributed by atoms with E-state index in [-0.39, 0.29) is 5.56 Å². The molecule has 5 nitrogen and oxygen atoms in total. The molecule has 3 aromatic rings. The van der Waals surface area contributed by atoms with Crippen molar-refractivity contribution in [2.45, 2.75) is 19.9 Å². The predicted octanol–water partition coefficient (Wildman–Crippen LogP) is 2.90. The average Bonchev–Trinajstić information content (AvgIpc) is 2.95. The van der Waals surface area contributed by atoms with E-state index >= 15 is 0 Å². The lowest BCUT2D eigenvalue weighted by Crippen LogP contribution is -2.15. The minimum atomic E-state index is -0.119. The molecule has 0 saturated carbocycles. The topological polar surface area (TPSA) is 63.6 Å². The number of benzene rings is 1. The van der Waals surface area contributed by atoms with Gasteiger partial charge >= 0.3 is 0 Å². The van der Waals surface area contributed by atoms with E-state index in [1.807, 2.05) is 43.2 Å². The zero-order chi connectivity index (χ0) is 16.9. The minimum Gasteiger partial charge on any atom is -0.326 e. The molecule has 0 aliphatic carbocycles.